The molecule has 1 aliphatic heterocycles. The lowest BCUT2D eigenvalue weighted by Crippen LogP contribution is -2.49. The molecule has 0 radical (unpaired) electrons. The van der Waals surface area contributed by atoms with Gasteiger partial charge in [-0.15, -0.1) is 11.3 Å². The highest BCUT2D eigenvalue weighted by molar-refractivity contribution is 7.15. The number of imidazole rings is 1. The zero-order chi connectivity index (χ0) is 18.1. The fourth-order valence-electron chi connectivity index (χ4n) is 3.65. The van der Waals surface area contributed by atoms with Gasteiger partial charge in [0.15, 0.2) is 4.96 Å². The molecule has 1 amide bonds. The van der Waals surface area contributed by atoms with Crippen LogP contribution in [-0.4, -0.2) is 44.4 Å². The normalized spacial score (nSPS) is 16.7. The van der Waals surface area contributed by atoms with E-state index in [2.05, 4.69) is 4.98 Å². The Bertz CT molecular complexity index is 911. The average Bonchev–Trinajstić information content (AvgIpc) is 3.24. The second-order valence-corrected chi connectivity index (χ2v) is 7.51. The molecule has 1 aromatic carbocycles. The van der Waals surface area contributed by atoms with Crippen LogP contribution in [0.5, 0.6) is 0 Å². The van der Waals surface area contributed by atoms with Crippen molar-refractivity contribution in [1.82, 2.24) is 14.3 Å². The van der Waals surface area contributed by atoms with Crippen molar-refractivity contribution in [2.24, 2.45) is 0 Å². The van der Waals surface area contributed by atoms with Gasteiger partial charge in [0, 0.05) is 30.9 Å². The van der Waals surface area contributed by atoms with Crippen molar-refractivity contribution >= 4 is 28.2 Å². The van der Waals surface area contributed by atoms with E-state index in [1.54, 1.807) is 4.90 Å². The lowest BCUT2D eigenvalue weighted by molar-refractivity contribution is -0.148. The molecule has 6 nitrogen and oxygen atoms in total. The summed E-state index contributed by atoms with van der Waals surface area (Å²) < 4.78 is 1.91. The van der Waals surface area contributed by atoms with Crippen LogP contribution in [0.4, 0.5) is 0 Å². The number of aromatic nitrogens is 2. The van der Waals surface area contributed by atoms with E-state index in [0.717, 1.165) is 16.2 Å². The van der Waals surface area contributed by atoms with Crippen LogP contribution in [0.1, 0.15) is 24.1 Å². The number of benzene rings is 1. The third-order valence-electron chi connectivity index (χ3n) is 5.18. The summed E-state index contributed by atoms with van der Waals surface area (Å²) in [7, 11) is 0. The Morgan fingerprint density at radius 2 is 1.92 bits per heavy atom. The molecule has 0 saturated carbocycles. The van der Waals surface area contributed by atoms with Crippen LogP contribution in [-0.2, 0) is 21.4 Å². The molecule has 2 aromatic heterocycles. The predicted octanol–water partition coefficient (Wildman–Crippen LogP) is 2.58. The molecule has 26 heavy (non-hydrogen) atoms. The maximum absolute atomic E-state index is 12.6. The number of carbonyl (C=O) groups excluding carboxylic acids is 1. The Hall–Kier alpha value is -2.67. The van der Waals surface area contributed by atoms with Gasteiger partial charge in [-0.1, -0.05) is 30.3 Å². The van der Waals surface area contributed by atoms with E-state index in [9.17, 15) is 14.7 Å². The SMILES string of the molecule is O=C(Cc1cn2ccsc2n1)N1CCC(C(=O)O)(c2ccccc2)CC1. The fourth-order valence-corrected chi connectivity index (χ4v) is 4.37. The lowest BCUT2D eigenvalue weighted by Gasteiger charge is -2.39. The van der Waals surface area contributed by atoms with Crippen LogP contribution in [0.25, 0.3) is 4.96 Å². The van der Waals surface area contributed by atoms with Gasteiger partial charge < -0.3 is 10.0 Å². The third-order valence-corrected chi connectivity index (χ3v) is 5.95. The number of aliphatic carboxylic acids is 1. The molecule has 0 aliphatic carbocycles. The van der Waals surface area contributed by atoms with E-state index < -0.39 is 11.4 Å². The minimum atomic E-state index is -0.908. The number of carbonyl (C=O) groups is 2. The van der Waals surface area contributed by atoms with Gasteiger partial charge in [-0.2, -0.15) is 0 Å². The van der Waals surface area contributed by atoms with Gasteiger partial charge in [-0.25, -0.2) is 4.98 Å². The van der Waals surface area contributed by atoms with E-state index in [4.69, 9.17) is 0 Å². The summed E-state index contributed by atoms with van der Waals surface area (Å²) in [6.45, 7) is 0.893. The van der Waals surface area contributed by atoms with E-state index >= 15 is 0 Å². The highest BCUT2D eigenvalue weighted by atomic mass is 32.1. The molecular weight excluding hydrogens is 350 g/mol. The minimum absolute atomic E-state index is 0.00260. The van der Waals surface area contributed by atoms with Crippen molar-refractivity contribution in [3.05, 3.63) is 59.4 Å². The Balaban J connectivity index is 1.45. The number of piperidine rings is 1. The first-order chi connectivity index (χ1) is 12.6. The first kappa shape index (κ1) is 16.8. The summed E-state index contributed by atoms with van der Waals surface area (Å²) in [5.41, 5.74) is 0.656. The first-order valence-electron chi connectivity index (χ1n) is 8.56. The number of hydrogen-bond acceptors (Lipinski definition) is 4. The van der Waals surface area contributed by atoms with Crippen molar-refractivity contribution in [2.45, 2.75) is 24.7 Å². The number of amides is 1. The Labute approximate surface area is 154 Å². The maximum atomic E-state index is 12.6. The zero-order valence-corrected chi connectivity index (χ0v) is 15.0. The number of carboxylic acid groups (broad SMARTS) is 1. The molecule has 1 saturated heterocycles. The molecule has 134 valence electrons. The molecule has 0 spiro atoms. The van der Waals surface area contributed by atoms with Crippen LogP contribution in [0, 0.1) is 0 Å². The van der Waals surface area contributed by atoms with Crippen molar-refractivity contribution in [3.63, 3.8) is 0 Å². The molecule has 1 aliphatic rings. The van der Waals surface area contributed by atoms with Gasteiger partial charge in [0.25, 0.3) is 0 Å². The number of fused-ring (bicyclic) bond motifs is 1. The number of carboxylic acids is 1. The van der Waals surface area contributed by atoms with Crippen molar-refractivity contribution in [3.8, 4) is 0 Å². The molecule has 1 fully saturated rings. The summed E-state index contributed by atoms with van der Waals surface area (Å²) >= 11 is 1.53. The topological polar surface area (TPSA) is 74.9 Å². The number of thiazole rings is 1. The van der Waals surface area contributed by atoms with Gasteiger partial charge in [0.05, 0.1) is 17.5 Å². The van der Waals surface area contributed by atoms with Gasteiger partial charge in [-0.3, -0.25) is 14.0 Å². The number of likely N-dealkylation sites (tertiary alicyclic amines) is 1. The van der Waals surface area contributed by atoms with Crippen molar-refractivity contribution < 1.29 is 14.7 Å². The largest absolute Gasteiger partial charge is 0.481 e. The van der Waals surface area contributed by atoms with Crippen molar-refractivity contribution in [2.75, 3.05) is 13.1 Å². The van der Waals surface area contributed by atoms with E-state index in [1.165, 1.54) is 11.3 Å². The van der Waals surface area contributed by atoms with Gasteiger partial charge in [0.1, 0.15) is 0 Å². The molecule has 7 heteroatoms. The lowest BCUT2D eigenvalue weighted by atomic mass is 9.73. The number of hydrogen-bond donors (Lipinski definition) is 1. The molecule has 0 bridgehead atoms. The zero-order valence-electron chi connectivity index (χ0n) is 14.2. The van der Waals surface area contributed by atoms with E-state index in [-0.39, 0.29) is 12.3 Å². The van der Waals surface area contributed by atoms with Gasteiger partial charge in [-0.05, 0) is 18.4 Å². The number of rotatable bonds is 4. The minimum Gasteiger partial charge on any atom is -0.481 e. The monoisotopic (exact) mass is 369 g/mol. The maximum Gasteiger partial charge on any atom is 0.314 e. The van der Waals surface area contributed by atoms with Crippen LogP contribution >= 0.6 is 11.3 Å². The van der Waals surface area contributed by atoms with E-state index in [0.29, 0.717) is 25.9 Å². The van der Waals surface area contributed by atoms with Crippen molar-refractivity contribution in [1.29, 1.82) is 0 Å². The Kier molecular flexibility index (Phi) is 4.24. The third kappa shape index (κ3) is 2.88. The van der Waals surface area contributed by atoms with Crippen LogP contribution in [0.3, 0.4) is 0 Å². The fraction of sp³-hybridized carbons (Fsp3) is 0.316. The molecule has 1 N–H and O–H groups in total. The van der Waals surface area contributed by atoms with Gasteiger partial charge >= 0.3 is 5.97 Å². The first-order valence-corrected chi connectivity index (χ1v) is 9.44. The molecule has 0 unspecified atom stereocenters. The molecule has 3 aromatic rings. The molecule has 4 rings (SSSR count). The molecule has 3 heterocycles. The summed E-state index contributed by atoms with van der Waals surface area (Å²) in [6.07, 6.45) is 4.90. The summed E-state index contributed by atoms with van der Waals surface area (Å²) in [6, 6.07) is 9.34. The smallest absolute Gasteiger partial charge is 0.314 e. The van der Waals surface area contributed by atoms with E-state index in [1.807, 2.05) is 52.5 Å². The summed E-state index contributed by atoms with van der Waals surface area (Å²) in [5, 5.41) is 11.8. The predicted molar refractivity (Wildman–Crippen MR) is 98.3 cm³/mol. The average molecular weight is 369 g/mol. The van der Waals surface area contributed by atoms with Crippen LogP contribution in [0.2, 0.25) is 0 Å². The Morgan fingerprint density at radius 3 is 2.58 bits per heavy atom. The highest BCUT2D eigenvalue weighted by Gasteiger charge is 2.43. The summed E-state index contributed by atoms with van der Waals surface area (Å²) in [5.74, 6) is -0.812. The standard InChI is InChI=1S/C19H19N3O3S/c23-16(12-15-13-22-10-11-26-18(22)20-15)21-8-6-19(7-9-21,17(24)25)14-4-2-1-3-5-14/h1-5,10-11,13H,6-9,12H2,(H,24,25). The second kappa shape index (κ2) is 6.57. The quantitative estimate of drug-likeness (QED) is 0.767. The molecular formula is C19H19N3O3S. The Morgan fingerprint density at radius 1 is 1.19 bits per heavy atom. The summed E-state index contributed by atoms with van der Waals surface area (Å²) in [4.78, 5) is 31.7. The van der Waals surface area contributed by atoms with Gasteiger partial charge in [0.2, 0.25) is 5.91 Å². The number of nitrogens with zero attached hydrogens (tertiary/aromatic N) is 3. The van der Waals surface area contributed by atoms with Crippen LogP contribution in [0.15, 0.2) is 48.1 Å². The van der Waals surface area contributed by atoms with Crippen LogP contribution < -0.4 is 0 Å². The molecule has 0 atom stereocenters. The second-order valence-electron chi connectivity index (χ2n) is 6.64. The highest BCUT2D eigenvalue weighted by Crippen LogP contribution is 2.36.